The van der Waals surface area contributed by atoms with E-state index < -0.39 is 0 Å². The van der Waals surface area contributed by atoms with Gasteiger partial charge in [0.15, 0.2) is 5.13 Å². The number of carbonyl (C=O) groups is 1. The Labute approximate surface area is 166 Å². The molecule has 2 aliphatic heterocycles. The Morgan fingerprint density at radius 2 is 2.11 bits per heavy atom. The second kappa shape index (κ2) is 8.43. The minimum Gasteiger partial charge on any atom is -0.494 e. The fraction of sp³-hybridized carbons (Fsp3) is 0.444. The van der Waals surface area contributed by atoms with Crippen molar-refractivity contribution in [3.05, 3.63) is 35.2 Å². The number of benzene rings is 1. The van der Waals surface area contributed by atoms with Crippen molar-refractivity contribution in [2.75, 3.05) is 57.5 Å². The smallest absolute Gasteiger partial charge is 0.298 e. The average Bonchev–Trinajstić information content (AvgIpc) is 3.12. The van der Waals surface area contributed by atoms with Crippen molar-refractivity contribution in [3.63, 3.8) is 0 Å². The van der Waals surface area contributed by atoms with Crippen LogP contribution in [0.2, 0.25) is 5.02 Å². The third kappa shape index (κ3) is 4.35. The number of anilines is 1. The van der Waals surface area contributed by atoms with Crippen LogP contribution in [0.5, 0.6) is 0 Å². The van der Waals surface area contributed by atoms with E-state index in [2.05, 4.69) is 9.88 Å². The average molecular weight is 410 g/mol. The molecule has 0 N–H and O–H groups in total. The summed E-state index contributed by atoms with van der Waals surface area (Å²) in [6.07, 6.45) is 1.39. The van der Waals surface area contributed by atoms with Crippen molar-refractivity contribution in [1.29, 1.82) is 0 Å². The molecule has 144 valence electrons. The van der Waals surface area contributed by atoms with Gasteiger partial charge in [0.25, 0.3) is 5.91 Å². The quantitative estimate of drug-likeness (QED) is 0.756. The number of aromatic nitrogens is 1. The predicted molar refractivity (Wildman–Crippen MR) is 104 cm³/mol. The van der Waals surface area contributed by atoms with E-state index in [4.69, 9.17) is 25.8 Å². The first-order valence-corrected chi connectivity index (χ1v) is 10.0. The fourth-order valence-corrected chi connectivity index (χ4v) is 4.23. The maximum atomic E-state index is 13.1. The zero-order valence-electron chi connectivity index (χ0n) is 14.7. The van der Waals surface area contributed by atoms with Gasteiger partial charge in [-0.1, -0.05) is 22.9 Å². The van der Waals surface area contributed by atoms with Crippen LogP contribution in [0, 0.1) is 0 Å². The van der Waals surface area contributed by atoms with E-state index in [0.29, 0.717) is 29.9 Å². The van der Waals surface area contributed by atoms with Crippen LogP contribution < -0.4 is 4.90 Å². The van der Waals surface area contributed by atoms with Gasteiger partial charge in [-0.2, -0.15) is 0 Å². The first kappa shape index (κ1) is 18.5. The molecule has 0 bridgehead atoms. The van der Waals surface area contributed by atoms with E-state index in [1.165, 1.54) is 17.6 Å². The van der Waals surface area contributed by atoms with Crippen LogP contribution in [0.1, 0.15) is 0 Å². The summed E-state index contributed by atoms with van der Waals surface area (Å²) in [7, 11) is 0. The molecule has 4 rings (SSSR count). The van der Waals surface area contributed by atoms with Crippen molar-refractivity contribution >= 4 is 44.2 Å². The Morgan fingerprint density at radius 3 is 2.89 bits per heavy atom. The van der Waals surface area contributed by atoms with E-state index in [0.717, 1.165) is 43.1 Å². The monoisotopic (exact) mass is 409 g/mol. The SMILES string of the molecule is O=C(C1=COCCO1)N(CCN1CCOCC1)c1nc2ccc(Cl)cc2s1. The summed E-state index contributed by atoms with van der Waals surface area (Å²) in [5.41, 5.74) is 0.818. The molecule has 1 saturated heterocycles. The number of amides is 1. The van der Waals surface area contributed by atoms with Crippen molar-refractivity contribution in [2.45, 2.75) is 0 Å². The molecule has 9 heteroatoms. The standard InChI is InChI=1S/C18H20ClN3O4S/c19-13-1-2-14-16(11-13)27-18(20-14)22(4-3-21-5-7-24-8-6-21)17(23)15-12-25-9-10-26-15/h1-2,11-12H,3-10H2. The molecule has 27 heavy (non-hydrogen) atoms. The fourth-order valence-electron chi connectivity index (χ4n) is 2.97. The molecule has 1 amide bonds. The number of rotatable bonds is 5. The Hall–Kier alpha value is -1.87. The van der Waals surface area contributed by atoms with E-state index in [1.807, 2.05) is 12.1 Å². The Kier molecular flexibility index (Phi) is 5.77. The highest BCUT2D eigenvalue weighted by Gasteiger charge is 2.27. The third-order valence-corrected chi connectivity index (χ3v) is 5.69. The van der Waals surface area contributed by atoms with Gasteiger partial charge >= 0.3 is 0 Å². The number of hydrogen-bond donors (Lipinski definition) is 0. The van der Waals surface area contributed by atoms with Gasteiger partial charge in [0, 0.05) is 31.2 Å². The molecule has 1 aromatic heterocycles. The second-order valence-corrected chi connectivity index (χ2v) is 7.67. The normalized spacial score (nSPS) is 17.9. The van der Waals surface area contributed by atoms with E-state index in [-0.39, 0.29) is 11.7 Å². The summed E-state index contributed by atoms with van der Waals surface area (Å²) in [5, 5.41) is 1.27. The Balaban J connectivity index is 1.59. The summed E-state index contributed by atoms with van der Waals surface area (Å²) in [6, 6.07) is 5.53. The molecule has 0 unspecified atom stereocenters. The van der Waals surface area contributed by atoms with Crippen LogP contribution in [0.3, 0.4) is 0 Å². The minimum atomic E-state index is -0.242. The van der Waals surface area contributed by atoms with E-state index in [1.54, 1.807) is 11.0 Å². The summed E-state index contributed by atoms with van der Waals surface area (Å²) in [6.45, 7) is 5.21. The number of morpholine rings is 1. The highest BCUT2D eigenvalue weighted by atomic mass is 35.5. The molecule has 7 nitrogen and oxygen atoms in total. The lowest BCUT2D eigenvalue weighted by Gasteiger charge is -2.29. The van der Waals surface area contributed by atoms with Gasteiger partial charge in [-0.15, -0.1) is 0 Å². The maximum Gasteiger partial charge on any atom is 0.298 e. The molecule has 2 aliphatic rings. The van der Waals surface area contributed by atoms with Crippen LogP contribution >= 0.6 is 22.9 Å². The van der Waals surface area contributed by atoms with Gasteiger partial charge in [0.1, 0.15) is 19.5 Å². The van der Waals surface area contributed by atoms with Crippen LogP contribution in [-0.2, 0) is 19.0 Å². The number of fused-ring (bicyclic) bond motifs is 1. The zero-order chi connectivity index (χ0) is 18.6. The number of halogens is 1. The lowest BCUT2D eigenvalue weighted by Crippen LogP contribution is -2.44. The molecule has 0 atom stereocenters. The lowest BCUT2D eigenvalue weighted by atomic mass is 10.3. The number of thiazole rings is 1. The van der Waals surface area contributed by atoms with Gasteiger partial charge in [0.05, 0.1) is 23.4 Å². The Bertz CT molecular complexity index is 850. The van der Waals surface area contributed by atoms with Crippen molar-refractivity contribution in [2.24, 2.45) is 0 Å². The number of carbonyl (C=O) groups excluding carboxylic acids is 1. The highest BCUT2D eigenvalue weighted by Crippen LogP contribution is 2.31. The van der Waals surface area contributed by atoms with Crippen molar-refractivity contribution < 1.29 is 19.0 Å². The topological polar surface area (TPSA) is 64.1 Å². The van der Waals surface area contributed by atoms with Crippen molar-refractivity contribution in [3.8, 4) is 0 Å². The second-order valence-electron chi connectivity index (χ2n) is 6.22. The summed E-state index contributed by atoms with van der Waals surface area (Å²) < 4.78 is 17.1. The lowest BCUT2D eigenvalue weighted by molar-refractivity contribution is -0.119. The molecular formula is C18H20ClN3O4S. The van der Waals surface area contributed by atoms with Crippen LogP contribution in [0.15, 0.2) is 30.2 Å². The number of ether oxygens (including phenoxy) is 3. The molecule has 2 aromatic rings. The third-order valence-electron chi connectivity index (χ3n) is 4.42. The highest BCUT2D eigenvalue weighted by molar-refractivity contribution is 7.22. The van der Waals surface area contributed by atoms with Gasteiger partial charge in [0.2, 0.25) is 5.76 Å². The summed E-state index contributed by atoms with van der Waals surface area (Å²) >= 11 is 7.53. The van der Waals surface area contributed by atoms with Gasteiger partial charge in [-0.05, 0) is 18.2 Å². The first-order chi connectivity index (χ1) is 13.2. The van der Waals surface area contributed by atoms with E-state index in [9.17, 15) is 4.79 Å². The molecule has 0 aliphatic carbocycles. The largest absolute Gasteiger partial charge is 0.494 e. The molecule has 0 saturated carbocycles. The molecule has 0 radical (unpaired) electrons. The summed E-state index contributed by atoms with van der Waals surface area (Å²) in [4.78, 5) is 21.6. The van der Waals surface area contributed by atoms with Gasteiger partial charge < -0.3 is 14.2 Å². The molecular weight excluding hydrogens is 390 g/mol. The molecule has 1 fully saturated rings. The first-order valence-electron chi connectivity index (χ1n) is 8.83. The van der Waals surface area contributed by atoms with Crippen LogP contribution in [0.4, 0.5) is 5.13 Å². The zero-order valence-corrected chi connectivity index (χ0v) is 16.3. The molecule has 3 heterocycles. The molecule has 1 aromatic carbocycles. The van der Waals surface area contributed by atoms with Gasteiger partial charge in [-0.25, -0.2) is 4.98 Å². The summed E-state index contributed by atoms with van der Waals surface area (Å²) in [5.74, 6) is -0.0337. The van der Waals surface area contributed by atoms with Gasteiger partial charge in [-0.3, -0.25) is 14.6 Å². The predicted octanol–water partition coefficient (Wildman–Crippen LogP) is 2.50. The van der Waals surface area contributed by atoms with E-state index >= 15 is 0 Å². The van der Waals surface area contributed by atoms with Crippen LogP contribution in [0.25, 0.3) is 10.2 Å². The number of nitrogens with zero attached hydrogens (tertiary/aromatic N) is 3. The Morgan fingerprint density at radius 1 is 1.26 bits per heavy atom. The molecule has 0 spiro atoms. The maximum absolute atomic E-state index is 13.1. The number of hydrogen-bond acceptors (Lipinski definition) is 7. The van der Waals surface area contributed by atoms with Crippen LogP contribution in [-0.4, -0.2) is 68.4 Å². The van der Waals surface area contributed by atoms with Crippen molar-refractivity contribution in [1.82, 2.24) is 9.88 Å². The minimum absolute atomic E-state index is 0.209.